The first-order valence-corrected chi connectivity index (χ1v) is 7.03. The SMILES string of the molecule is O=C(O)C1COCCN1C(=O)c1ccc(-c2ccccc2)[nH]1. The average Bonchev–Trinajstić information content (AvgIpc) is 3.05. The number of H-pyrrole nitrogens is 1. The molecule has 1 aliphatic rings. The molecule has 0 radical (unpaired) electrons. The molecule has 2 N–H and O–H groups in total. The number of rotatable bonds is 3. The number of morpholine rings is 1. The van der Waals surface area contributed by atoms with Crippen molar-refractivity contribution >= 4 is 11.9 Å². The molecule has 1 aromatic heterocycles. The lowest BCUT2D eigenvalue weighted by Gasteiger charge is -2.32. The van der Waals surface area contributed by atoms with Crippen LogP contribution in [-0.2, 0) is 9.53 Å². The van der Waals surface area contributed by atoms with Gasteiger partial charge in [0.05, 0.1) is 13.2 Å². The summed E-state index contributed by atoms with van der Waals surface area (Å²) in [6.07, 6.45) is 0. The van der Waals surface area contributed by atoms with Gasteiger partial charge in [0.25, 0.3) is 5.91 Å². The lowest BCUT2D eigenvalue weighted by atomic mass is 10.2. The van der Waals surface area contributed by atoms with E-state index in [0.717, 1.165) is 11.3 Å². The van der Waals surface area contributed by atoms with Gasteiger partial charge in [-0.15, -0.1) is 0 Å². The monoisotopic (exact) mass is 300 g/mol. The van der Waals surface area contributed by atoms with Crippen molar-refractivity contribution in [3.05, 3.63) is 48.2 Å². The van der Waals surface area contributed by atoms with Gasteiger partial charge in [-0.25, -0.2) is 4.79 Å². The molecular weight excluding hydrogens is 284 g/mol. The number of ether oxygens (including phenoxy) is 1. The summed E-state index contributed by atoms with van der Waals surface area (Å²) in [4.78, 5) is 28.2. The van der Waals surface area contributed by atoms with Crippen LogP contribution in [0.3, 0.4) is 0 Å². The van der Waals surface area contributed by atoms with Gasteiger partial charge < -0.3 is 19.7 Å². The highest BCUT2D eigenvalue weighted by atomic mass is 16.5. The van der Waals surface area contributed by atoms with Crippen LogP contribution in [-0.4, -0.2) is 52.7 Å². The molecule has 3 rings (SSSR count). The molecule has 2 aromatic rings. The number of aromatic nitrogens is 1. The number of aliphatic carboxylic acids is 1. The topological polar surface area (TPSA) is 82.6 Å². The molecule has 22 heavy (non-hydrogen) atoms. The van der Waals surface area contributed by atoms with E-state index >= 15 is 0 Å². The van der Waals surface area contributed by atoms with Crippen molar-refractivity contribution in [1.82, 2.24) is 9.88 Å². The minimum Gasteiger partial charge on any atom is -0.480 e. The van der Waals surface area contributed by atoms with Crippen molar-refractivity contribution in [3.8, 4) is 11.3 Å². The van der Waals surface area contributed by atoms with E-state index < -0.39 is 12.0 Å². The van der Waals surface area contributed by atoms with Crippen LogP contribution in [0.15, 0.2) is 42.5 Å². The Bertz CT molecular complexity index is 680. The van der Waals surface area contributed by atoms with Crippen LogP contribution in [0.4, 0.5) is 0 Å². The normalized spacial score (nSPS) is 18.2. The third-order valence-electron chi connectivity index (χ3n) is 3.68. The molecule has 1 aliphatic heterocycles. The molecule has 1 fully saturated rings. The van der Waals surface area contributed by atoms with Gasteiger partial charge in [0.15, 0.2) is 6.04 Å². The molecule has 1 atom stereocenters. The van der Waals surface area contributed by atoms with Crippen molar-refractivity contribution < 1.29 is 19.4 Å². The van der Waals surface area contributed by atoms with Gasteiger partial charge in [-0.05, 0) is 17.7 Å². The fourth-order valence-corrected chi connectivity index (χ4v) is 2.51. The molecule has 1 amide bonds. The fraction of sp³-hybridized carbons (Fsp3) is 0.250. The van der Waals surface area contributed by atoms with E-state index in [-0.39, 0.29) is 19.1 Å². The van der Waals surface area contributed by atoms with Crippen LogP contribution in [0, 0.1) is 0 Å². The number of hydrogen-bond donors (Lipinski definition) is 2. The van der Waals surface area contributed by atoms with Crippen molar-refractivity contribution in [2.75, 3.05) is 19.8 Å². The smallest absolute Gasteiger partial charge is 0.328 e. The van der Waals surface area contributed by atoms with E-state index in [1.54, 1.807) is 6.07 Å². The van der Waals surface area contributed by atoms with E-state index in [1.165, 1.54) is 4.90 Å². The number of carboxylic acid groups (broad SMARTS) is 1. The Morgan fingerprint density at radius 2 is 1.95 bits per heavy atom. The van der Waals surface area contributed by atoms with Gasteiger partial charge >= 0.3 is 5.97 Å². The highest BCUT2D eigenvalue weighted by molar-refractivity contribution is 5.96. The van der Waals surface area contributed by atoms with E-state index in [4.69, 9.17) is 4.74 Å². The zero-order valence-corrected chi connectivity index (χ0v) is 11.9. The number of carboxylic acids is 1. The van der Waals surface area contributed by atoms with Crippen LogP contribution in [0.2, 0.25) is 0 Å². The third kappa shape index (κ3) is 2.73. The second-order valence-electron chi connectivity index (χ2n) is 5.08. The molecule has 0 bridgehead atoms. The number of aromatic amines is 1. The standard InChI is InChI=1S/C16H16N2O4/c19-15(18-8-9-22-10-14(18)16(20)21)13-7-6-12(17-13)11-4-2-1-3-5-11/h1-7,14,17H,8-10H2,(H,20,21). The minimum atomic E-state index is -1.05. The Balaban J connectivity index is 1.83. The van der Waals surface area contributed by atoms with Gasteiger partial charge in [-0.2, -0.15) is 0 Å². The summed E-state index contributed by atoms with van der Waals surface area (Å²) < 4.78 is 5.15. The molecule has 0 spiro atoms. The van der Waals surface area contributed by atoms with E-state index in [2.05, 4.69) is 4.98 Å². The number of amides is 1. The zero-order chi connectivity index (χ0) is 15.5. The van der Waals surface area contributed by atoms with Crippen LogP contribution in [0.1, 0.15) is 10.5 Å². The number of hydrogen-bond acceptors (Lipinski definition) is 3. The maximum atomic E-state index is 12.5. The van der Waals surface area contributed by atoms with Gasteiger partial charge in [-0.3, -0.25) is 4.79 Å². The number of nitrogens with one attached hydrogen (secondary N) is 1. The quantitative estimate of drug-likeness (QED) is 0.902. The fourth-order valence-electron chi connectivity index (χ4n) is 2.51. The van der Waals surface area contributed by atoms with Crippen molar-refractivity contribution in [3.63, 3.8) is 0 Å². The predicted molar refractivity (Wildman–Crippen MR) is 79.5 cm³/mol. The Hall–Kier alpha value is -2.60. The lowest BCUT2D eigenvalue weighted by molar-refractivity contribution is -0.147. The van der Waals surface area contributed by atoms with Crippen molar-refractivity contribution in [2.45, 2.75) is 6.04 Å². The van der Waals surface area contributed by atoms with Gasteiger partial charge in [0.2, 0.25) is 0 Å². The molecule has 1 aromatic carbocycles. The van der Waals surface area contributed by atoms with Crippen molar-refractivity contribution in [1.29, 1.82) is 0 Å². The van der Waals surface area contributed by atoms with Crippen LogP contribution in [0.5, 0.6) is 0 Å². The molecule has 0 saturated carbocycles. The number of carbonyl (C=O) groups is 2. The number of benzene rings is 1. The zero-order valence-electron chi connectivity index (χ0n) is 11.9. The molecule has 6 nitrogen and oxygen atoms in total. The van der Waals surface area contributed by atoms with Gasteiger partial charge in [0, 0.05) is 12.2 Å². The highest BCUT2D eigenvalue weighted by Gasteiger charge is 2.33. The molecule has 114 valence electrons. The first kappa shape index (κ1) is 14.3. The lowest BCUT2D eigenvalue weighted by Crippen LogP contribution is -2.52. The van der Waals surface area contributed by atoms with Gasteiger partial charge in [-0.1, -0.05) is 30.3 Å². The first-order valence-electron chi connectivity index (χ1n) is 7.03. The molecule has 0 aliphatic carbocycles. The summed E-state index contributed by atoms with van der Waals surface area (Å²) in [7, 11) is 0. The van der Waals surface area contributed by atoms with E-state index in [9.17, 15) is 14.7 Å². The van der Waals surface area contributed by atoms with E-state index in [0.29, 0.717) is 12.3 Å². The Morgan fingerprint density at radius 1 is 1.18 bits per heavy atom. The molecule has 1 unspecified atom stereocenters. The maximum absolute atomic E-state index is 12.5. The second kappa shape index (κ2) is 6.03. The third-order valence-corrected chi connectivity index (χ3v) is 3.68. The average molecular weight is 300 g/mol. The summed E-state index contributed by atoms with van der Waals surface area (Å²) in [5, 5.41) is 9.20. The van der Waals surface area contributed by atoms with Crippen molar-refractivity contribution in [2.24, 2.45) is 0 Å². The highest BCUT2D eigenvalue weighted by Crippen LogP contribution is 2.20. The van der Waals surface area contributed by atoms with Gasteiger partial charge in [0.1, 0.15) is 5.69 Å². The minimum absolute atomic E-state index is 0.0212. The maximum Gasteiger partial charge on any atom is 0.328 e. The summed E-state index contributed by atoms with van der Waals surface area (Å²) >= 11 is 0. The second-order valence-corrected chi connectivity index (χ2v) is 5.08. The van der Waals surface area contributed by atoms with Crippen LogP contribution >= 0.6 is 0 Å². The summed E-state index contributed by atoms with van der Waals surface area (Å²) in [6.45, 7) is 0.643. The van der Waals surface area contributed by atoms with E-state index in [1.807, 2.05) is 36.4 Å². The Morgan fingerprint density at radius 3 is 2.68 bits per heavy atom. The molecule has 6 heteroatoms. The Labute approximate surface area is 127 Å². The summed E-state index contributed by atoms with van der Waals surface area (Å²) in [5.74, 6) is -1.37. The van der Waals surface area contributed by atoms with Crippen LogP contribution in [0.25, 0.3) is 11.3 Å². The Kier molecular flexibility index (Phi) is 3.93. The van der Waals surface area contributed by atoms with Crippen LogP contribution < -0.4 is 0 Å². The largest absolute Gasteiger partial charge is 0.480 e. The summed E-state index contributed by atoms with van der Waals surface area (Å²) in [6, 6.07) is 12.2. The first-order chi connectivity index (χ1) is 10.7. The molecular formula is C16H16N2O4. The molecule has 1 saturated heterocycles. The predicted octanol–water partition coefficient (Wildman–Crippen LogP) is 1.61. The number of nitrogens with zero attached hydrogens (tertiary/aromatic N) is 1. The summed E-state index contributed by atoms with van der Waals surface area (Å²) in [5.41, 5.74) is 2.18. The number of carbonyl (C=O) groups excluding carboxylic acids is 1. The molecule has 2 heterocycles.